The summed E-state index contributed by atoms with van der Waals surface area (Å²) in [6.45, 7) is 7.27. The number of hydrogen-bond donors (Lipinski definition) is 0. The maximum absolute atomic E-state index is 12.1. The van der Waals surface area contributed by atoms with Crippen molar-refractivity contribution in [3.05, 3.63) is 20.8 Å². The summed E-state index contributed by atoms with van der Waals surface area (Å²) in [5.74, 6) is 0.242. The maximum atomic E-state index is 12.1. The number of carbonyl (C=O) groups is 1. The predicted molar refractivity (Wildman–Crippen MR) is 75.8 cm³/mol. The van der Waals surface area contributed by atoms with Crippen molar-refractivity contribution in [2.24, 2.45) is 5.41 Å². The quantitative estimate of drug-likeness (QED) is 0.790. The van der Waals surface area contributed by atoms with Crippen LogP contribution in [-0.2, 0) is 0 Å². The molecule has 0 atom stereocenters. The predicted octanol–water partition coefficient (Wildman–Crippen LogP) is 3.82. The molecule has 0 unspecified atom stereocenters. The summed E-state index contributed by atoms with van der Waals surface area (Å²) in [4.78, 5) is 15.2. The van der Waals surface area contributed by atoms with Crippen LogP contribution < -0.4 is 0 Å². The van der Waals surface area contributed by atoms with Crippen molar-refractivity contribution in [3.63, 3.8) is 0 Å². The molecule has 2 nitrogen and oxygen atoms in total. The van der Waals surface area contributed by atoms with Gasteiger partial charge in [0.15, 0.2) is 5.78 Å². The molecule has 2 rings (SSSR count). The lowest BCUT2D eigenvalue weighted by Crippen LogP contribution is -2.40. The molecular weight excluding hydrogens is 298 g/mol. The van der Waals surface area contributed by atoms with Gasteiger partial charge in [-0.25, -0.2) is 0 Å². The number of carbonyl (C=O) groups excluding carboxylic acids is 1. The van der Waals surface area contributed by atoms with E-state index in [0.717, 1.165) is 22.4 Å². The summed E-state index contributed by atoms with van der Waals surface area (Å²) in [6, 6.07) is 1.94. The molecule has 2 heterocycles. The lowest BCUT2D eigenvalue weighted by molar-refractivity contribution is 0.0848. The van der Waals surface area contributed by atoms with Gasteiger partial charge in [-0.05, 0) is 58.7 Å². The first-order chi connectivity index (χ1) is 7.98. The molecular formula is C13H18BrNOS. The molecule has 1 aliphatic rings. The summed E-state index contributed by atoms with van der Waals surface area (Å²) < 4.78 is 0.935. The van der Waals surface area contributed by atoms with Crippen molar-refractivity contribution in [2.45, 2.75) is 26.7 Å². The van der Waals surface area contributed by atoms with Crippen LogP contribution in [0.25, 0.3) is 0 Å². The number of ketones is 1. The smallest absolute Gasteiger partial charge is 0.187 e. The SMILES string of the molecule is CC1(C)CCN(CC(=O)c2sccc2Br)CC1. The van der Waals surface area contributed by atoms with Crippen LogP contribution in [-0.4, -0.2) is 30.3 Å². The van der Waals surface area contributed by atoms with Gasteiger partial charge in [0.2, 0.25) is 0 Å². The summed E-state index contributed by atoms with van der Waals surface area (Å²) in [7, 11) is 0. The third-order valence-electron chi connectivity index (χ3n) is 3.45. The van der Waals surface area contributed by atoms with Crippen LogP contribution in [0, 0.1) is 5.41 Å². The second-order valence-electron chi connectivity index (χ2n) is 5.46. The average Bonchev–Trinajstić information content (AvgIpc) is 2.68. The van der Waals surface area contributed by atoms with E-state index in [1.165, 1.54) is 24.2 Å². The van der Waals surface area contributed by atoms with Gasteiger partial charge in [-0.2, -0.15) is 0 Å². The Morgan fingerprint density at radius 2 is 2.12 bits per heavy atom. The van der Waals surface area contributed by atoms with Crippen molar-refractivity contribution >= 4 is 33.0 Å². The second kappa shape index (κ2) is 5.21. The van der Waals surface area contributed by atoms with E-state index in [2.05, 4.69) is 34.7 Å². The van der Waals surface area contributed by atoms with Crippen LogP contribution in [0.2, 0.25) is 0 Å². The Labute approximate surface area is 115 Å². The number of likely N-dealkylation sites (tertiary alicyclic amines) is 1. The van der Waals surface area contributed by atoms with Gasteiger partial charge in [-0.1, -0.05) is 13.8 Å². The topological polar surface area (TPSA) is 20.3 Å². The Morgan fingerprint density at radius 1 is 1.47 bits per heavy atom. The van der Waals surface area contributed by atoms with Crippen LogP contribution >= 0.6 is 27.3 Å². The zero-order valence-electron chi connectivity index (χ0n) is 10.3. The summed E-state index contributed by atoms with van der Waals surface area (Å²) >= 11 is 4.94. The molecule has 4 heteroatoms. The van der Waals surface area contributed by atoms with E-state index in [4.69, 9.17) is 0 Å². The molecule has 1 saturated heterocycles. The van der Waals surface area contributed by atoms with Gasteiger partial charge in [0, 0.05) is 4.47 Å². The van der Waals surface area contributed by atoms with Gasteiger partial charge in [0.05, 0.1) is 11.4 Å². The minimum absolute atomic E-state index is 0.242. The number of rotatable bonds is 3. The highest BCUT2D eigenvalue weighted by molar-refractivity contribution is 9.10. The van der Waals surface area contributed by atoms with E-state index in [-0.39, 0.29) is 5.78 Å². The third kappa shape index (κ3) is 3.39. The Bertz CT molecular complexity index is 403. The van der Waals surface area contributed by atoms with Crippen LogP contribution in [0.4, 0.5) is 0 Å². The van der Waals surface area contributed by atoms with Crippen molar-refractivity contribution in [1.29, 1.82) is 0 Å². The first kappa shape index (κ1) is 13.2. The molecule has 0 radical (unpaired) electrons. The fraction of sp³-hybridized carbons (Fsp3) is 0.615. The zero-order valence-corrected chi connectivity index (χ0v) is 12.7. The second-order valence-corrected chi connectivity index (χ2v) is 7.23. The fourth-order valence-electron chi connectivity index (χ4n) is 2.08. The van der Waals surface area contributed by atoms with Crippen molar-refractivity contribution < 1.29 is 4.79 Å². The Hall–Kier alpha value is -0.190. The Kier molecular flexibility index (Phi) is 4.06. The number of piperidine rings is 1. The minimum Gasteiger partial charge on any atom is -0.296 e. The monoisotopic (exact) mass is 315 g/mol. The molecule has 0 spiro atoms. The molecule has 1 aromatic rings. The number of Topliss-reactive ketones (excluding diaryl/α,β-unsaturated/α-hetero) is 1. The van der Waals surface area contributed by atoms with Gasteiger partial charge < -0.3 is 0 Å². The Balaban J connectivity index is 1.91. The molecule has 1 aliphatic heterocycles. The largest absolute Gasteiger partial charge is 0.296 e. The normalized spacial score (nSPS) is 20.4. The molecule has 0 saturated carbocycles. The lowest BCUT2D eigenvalue weighted by Gasteiger charge is -2.36. The first-order valence-electron chi connectivity index (χ1n) is 5.96. The molecule has 0 bridgehead atoms. The third-order valence-corrected chi connectivity index (χ3v) is 5.33. The molecule has 94 valence electrons. The summed E-state index contributed by atoms with van der Waals surface area (Å²) in [5.41, 5.74) is 0.447. The standard InChI is InChI=1S/C13H18BrNOS/c1-13(2)4-6-15(7-5-13)9-11(16)12-10(14)3-8-17-12/h3,8H,4-7,9H2,1-2H3. The molecule has 0 aromatic carbocycles. The molecule has 0 amide bonds. The minimum atomic E-state index is 0.242. The van der Waals surface area contributed by atoms with Crippen LogP contribution in [0.3, 0.4) is 0 Å². The molecule has 0 N–H and O–H groups in total. The summed E-state index contributed by atoms with van der Waals surface area (Å²) in [5, 5.41) is 1.95. The van der Waals surface area contributed by atoms with E-state index in [1.54, 1.807) is 0 Å². The zero-order chi connectivity index (χ0) is 12.5. The van der Waals surface area contributed by atoms with Crippen LogP contribution in [0.15, 0.2) is 15.9 Å². The van der Waals surface area contributed by atoms with E-state index < -0.39 is 0 Å². The van der Waals surface area contributed by atoms with Crippen molar-refractivity contribution in [1.82, 2.24) is 4.90 Å². The highest BCUT2D eigenvalue weighted by Crippen LogP contribution is 2.30. The number of nitrogens with zero attached hydrogens (tertiary/aromatic N) is 1. The molecule has 0 aliphatic carbocycles. The average molecular weight is 316 g/mol. The lowest BCUT2D eigenvalue weighted by atomic mass is 9.82. The van der Waals surface area contributed by atoms with Crippen LogP contribution in [0.1, 0.15) is 36.4 Å². The van der Waals surface area contributed by atoms with Crippen LogP contribution in [0.5, 0.6) is 0 Å². The highest BCUT2D eigenvalue weighted by Gasteiger charge is 2.26. The van der Waals surface area contributed by atoms with E-state index in [1.807, 2.05) is 11.4 Å². The van der Waals surface area contributed by atoms with E-state index in [9.17, 15) is 4.79 Å². The summed E-state index contributed by atoms with van der Waals surface area (Å²) in [6.07, 6.45) is 2.37. The van der Waals surface area contributed by atoms with E-state index in [0.29, 0.717) is 12.0 Å². The first-order valence-corrected chi connectivity index (χ1v) is 7.64. The van der Waals surface area contributed by atoms with Gasteiger partial charge in [0.1, 0.15) is 0 Å². The van der Waals surface area contributed by atoms with Crippen molar-refractivity contribution in [3.8, 4) is 0 Å². The highest BCUT2D eigenvalue weighted by atomic mass is 79.9. The number of halogens is 1. The van der Waals surface area contributed by atoms with Crippen molar-refractivity contribution in [2.75, 3.05) is 19.6 Å². The number of hydrogen-bond acceptors (Lipinski definition) is 3. The Morgan fingerprint density at radius 3 is 2.65 bits per heavy atom. The van der Waals surface area contributed by atoms with Gasteiger partial charge in [0.25, 0.3) is 0 Å². The van der Waals surface area contributed by atoms with Gasteiger partial charge in [-0.15, -0.1) is 11.3 Å². The van der Waals surface area contributed by atoms with Gasteiger partial charge >= 0.3 is 0 Å². The molecule has 1 fully saturated rings. The van der Waals surface area contributed by atoms with E-state index >= 15 is 0 Å². The fourth-order valence-corrected chi connectivity index (χ4v) is 3.61. The molecule has 1 aromatic heterocycles. The number of thiophene rings is 1. The maximum Gasteiger partial charge on any atom is 0.187 e. The molecule has 17 heavy (non-hydrogen) atoms. The van der Waals surface area contributed by atoms with Gasteiger partial charge in [-0.3, -0.25) is 9.69 Å².